The van der Waals surface area contributed by atoms with Crippen molar-refractivity contribution in [2.24, 2.45) is 0 Å². The topological polar surface area (TPSA) is 78.4 Å². The summed E-state index contributed by atoms with van der Waals surface area (Å²) >= 11 is 5.70. The Morgan fingerprint density at radius 1 is 1.30 bits per heavy atom. The van der Waals surface area contributed by atoms with Gasteiger partial charge in [0.2, 0.25) is 5.91 Å². The minimum Gasteiger partial charge on any atom is -0.350 e. The van der Waals surface area contributed by atoms with E-state index < -0.39 is 46.5 Å². The van der Waals surface area contributed by atoms with Crippen LogP contribution < -0.4 is 10.2 Å². The number of aromatic nitrogens is 2. The maximum absolute atomic E-state index is 13.5. The number of amides is 3. The molecule has 160 valence electrons. The van der Waals surface area contributed by atoms with Crippen molar-refractivity contribution in [2.45, 2.75) is 18.8 Å². The largest absolute Gasteiger partial charge is 0.433 e. The van der Waals surface area contributed by atoms with Gasteiger partial charge in [-0.25, -0.2) is 23.5 Å². The van der Waals surface area contributed by atoms with E-state index in [0.717, 1.165) is 15.9 Å². The van der Waals surface area contributed by atoms with E-state index in [1.807, 2.05) is 0 Å². The van der Waals surface area contributed by atoms with E-state index in [0.29, 0.717) is 12.4 Å². The van der Waals surface area contributed by atoms with Gasteiger partial charge in [-0.1, -0.05) is 17.7 Å². The number of likely N-dealkylation sites (N-methyl/N-ethyl adjacent to an activating group) is 1. The van der Waals surface area contributed by atoms with Gasteiger partial charge in [-0.15, -0.1) is 0 Å². The van der Waals surface area contributed by atoms with Gasteiger partial charge in [-0.05, 0) is 11.6 Å². The Morgan fingerprint density at radius 3 is 2.67 bits per heavy atom. The molecule has 1 aliphatic heterocycles. The molecule has 3 rings (SSSR count). The van der Waals surface area contributed by atoms with Gasteiger partial charge in [0, 0.05) is 19.7 Å². The Bertz CT molecular complexity index is 1000. The van der Waals surface area contributed by atoms with Gasteiger partial charge in [-0.3, -0.25) is 9.69 Å². The summed E-state index contributed by atoms with van der Waals surface area (Å²) in [5.74, 6) is -3.38. The molecule has 0 aliphatic carbocycles. The highest BCUT2D eigenvalue weighted by Gasteiger charge is 2.41. The fraction of sp³-hybridized carbons (Fsp3) is 0.294. The third-order valence-corrected chi connectivity index (χ3v) is 4.85. The molecule has 1 unspecified atom stereocenters. The maximum atomic E-state index is 13.5. The molecule has 1 N–H and O–H groups in total. The van der Waals surface area contributed by atoms with Crippen LogP contribution in [0.5, 0.6) is 0 Å². The SMILES string of the molecule is CN1C(=O)N(c2cc(C(F)(F)F)ncn2)CC1C(=O)NCc1ccc(F)c(F)c1Cl. The second kappa shape index (κ2) is 8.01. The molecule has 0 spiro atoms. The Morgan fingerprint density at radius 2 is 2.00 bits per heavy atom. The van der Waals surface area contributed by atoms with Crippen molar-refractivity contribution in [3.05, 3.63) is 52.4 Å². The third kappa shape index (κ3) is 4.13. The van der Waals surface area contributed by atoms with Gasteiger partial charge in [0.05, 0.1) is 11.6 Å². The number of nitrogens with one attached hydrogen (secondary N) is 1. The lowest BCUT2D eigenvalue weighted by Gasteiger charge is -2.17. The highest BCUT2D eigenvalue weighted by molar-refractivity contribution is 6.31. The number of hydrogen-bond acceptors (Lipinski definition) is 4. The maximum Gasteiger partial charge on any atom is 0.433 e. The standard InChI is InChI=1S/C17H13ClF5N5O2/c1-27-10(15(29)24-5-8-2-3-9(19)14(20)13(8)18)6-28(16(27)30)12-4-11(17(21,22)23)25-7-26-12/h2-4,7,10H,5-6H2,1H3,(H,24,29). The van der Waals surface area contributed by atoms with Crippen LogP contribution in [0.3, 0.4) is 0 Å². The van der Waals surface area contributed by atoms with Crippen LogP contribution in [0.15, 0.2) is 24.5 Å². The zero-order valence-corrected chi connectivity index (χ0v) is 15.9. The number of carbonyl (C=O) groups is 2. The number of halogens is 6. The Hall–Kier alpha value is -3.02. The molecule has 1 aromatic heterocycles. The molecule has 3 amide bonds. The molecule has 1 fully saturated rings. The minimum absolute atomic E-state index is 0.110. The van der Waals surface area contributed by atoms with Gasteiger partial charge in [0.25, 0.3) is 0 Å². The summed E-state index contributed by atoms with van der Waals surface area (Å²) in [6.45, 7) is -0.528. The molecule has 13 heteroatoms. The fourth-order valence-corrected chi connectivity index (χ4v) is 3.02. The molecule has 1 aromatic carbocycles. The number of carbonyl (C=O) groups excluding carboxylic acids is 2. The lowest BCUT2D eigenvalue weighted by atomic mass is 10.2. The van der Waals surface area contributed by atoms with E-state index in [1.165, 1.54) is 13.1 Å². The number of anilines is 1. The van der Waals surface area contributed by atoms with Gasteiger partial charge >= 0.3 is 12.2 Å². The summed E-state index contributed by atoms with van der Waals surface area (Å²) in [4.78, 5) is 33.6. The van der Waals surface area contributed by atoms with Crippen LogP contribution in [-0.4, -0.2) is 46.4 Å². The Balaban J connectivity index is 1.73. The van der Waals surface area contributed by atoms with Gasteiger partial charge in [-0.2, -0.15) is 13.2 Å². The quantitative estimate of drug-likeness (QED) is 0.575. The van der Waals surface area contributed by atoms with Crippen LogP contribution in [0.1, 0.15) is 11.3 Å². The van der Waals surface area contributed by atoms with Gasteiger partial charge < -0.3 is 10.2 Å². The highest BCUT2D eigenvalue weighted by atomic mass is 35.5. The van der Waals surface area contributed by atoms with Crippen molar-refractivity contribution in [3.63, 3.8) is 0 Å². The van der Waals surface area contributed by atoms with Crippen molar-refractivity contribution in [3.8, 4) is 0 Å². The summed E-state index contributed by atoms with van der Waals surface area (Å²) in [7, 11) is 1.29. The molecule has 1 atom stereocenters. The van der Waals surface area contributed by atoms with Crippen molar-refractivity contribution in [1.29, 1.82) is 0 Å². The molecule has 2 heterocycles. The summed E-state index contributed by atoms with van der Waals surface area (Å²) in [5.41, 5.74) is -1.12. The first-order valence-corrected chi connectivity index (χ1v) is 8.72. The van der Waals surface area contributed by atoms with Crippen LogP contribution in [0.25, 0.3) is 0 Å². The number of alkyl halides is 3. The number of hydrogen-bond donors (Lipinski definition) is 1. The van der Waals surface area contributed by atoms with E-state index >= 15 is 0 Å². The van der Waals surface area contributed by atoms with Gasteiger partial charge in [0.15, 0.2) is 11.6 Å². The van der Waals surface area contributed by atoms with E-state index in [2.05, 4.69) is 15.3 Å². The lowest BCUT2D eigenvalue weighted by Crippen LogP contribution is -2.43. The zero-order valence-electron chi connectivity index (χ0n) is 15.2. The smallest absolute Gasteiger partial charge is 0.350 e. The van der Waals surface area contributed by atoms with Crippen molar-refractivity contribution in [2.75, 3.05) is 18.5 Å². The lowest BCUT2D eigenvalue weighted by molar-refractivity contribution is -0.141. The average molecular weight is 450 g/mol. The number of rotatable bonds is 4. The predicted octanol–water partition coefficient (Wildman–Crippen LogP) is 2.98. The summed E-state index contributed by atoms with van der Waals surface area (Å²) in [6, 6.07) is 0.839. The first-order valence-electron chi connectivity index (χ1n) is 8.34. The molecular formula is C17H13ClF5N5O2. The normalized spacial score (nSPS) is 16.9. The monoisotopic (exact) mass is 449 g/mol. The van der Waals surface area contributed by atoms with Crippen LogP contribution >= 0.6 is 11.6 Å². The number of nitrogens with zero attached hydrogens (tertiary/aromatic N) is 4. The zero-order chi connectivity index (χ0) is 22.2. The summed E-state index contributed by atoms with van der Waals surface area (Å²) in [6.07, 6.45) is -4.06. The van der Waals surface area contributed by atoms with E-state index in [-0.39, 0.29) is 24.5 Å². The van der Waals surface area contributed by atoms with Crippen LogP contribution in [0.2, 0.25) is 5.02 Å². The molecular weight excluding hydrogens is 437 g/mol. The molecule has 0 radical (unpaired) electrons. The van der Waals surface area contributed by atoms with Crippen molar-refractivity contribution < 1.29 is 31.5 Å². The molecule has 30 heavy (non-hydrogen) atoms. The average Bonchev–Trinajstić information content (AvgIpc) is 3.00. The molecule has 0 saturated carbocycles. The summed E-state index contributed by atoms with van der Waals surface area (Å²) in [5, 5.41) is 1.95. The molecule has 0 bridgehead atoms. The van der Waals surface area contributed by atoms with E-state index in [4.69, 9.17) is 11.6 Å². The van der Waals surface area contributed by atoms with Crippen LogP contribution in [-0.2, 0) is 17.5 Å². The van der Waals surface area contributed by atoms with Crippen molar-refractivity contribution in [1.82, 2.24) is 20.2 Å². The van der Waals surface area contributed by atoms with Crippen LogP contribution in [0.4, 0.5) is 32.6 Å². The molecule has 1 aliphatic rings. The molecule has 1 saturated heterocycles. The number of benzene rings is 1. The van der Waals surface area contributed by atoms with Crippen molar-refractivity contribution >= 4 is 29.4 Å². The highest BCUT2D eigenvalue weighted by Crippen LogP contribution is 2.30. The number of urea groups is 1. The summed E-state index contributed by atoms with van der Waals surface area (Å²) < 4.78 is 65.2. The van der Waals surface area contributed by atoms with Crippen LogP contribution in [0, 0.1) is 11.6 Å². The first kappa shape index (κ1) is 21.7. The second-order valence-electron chi connectivity index (χ2n) is 6.33. The minimum atomic E-state index is -4.73. The van der Waals surface area contributed by atoms with E-state index in [9.17, 15) is 31.5 Å². The predicted molar refractivity (Wildman–Crippen MR) is 94.5 cm³/mol. The molecule has 7 nitrogen and oxygen atoms in total. The van der Waals surface area contributed by atoms with Gasteiger partial charge in [0.1, 0.15) is 23.9 Å². The fourth-order valence-electron chi connectivity index (χ4n) is 2.80. The first-order chi connectivity index (χ1) is 14.0. The molecule has 2 aromatic rings. The second-order valence-corrected chi connectivity index (χ2v) is 6.71. The van der Waals surface area contributed by atoms with E-state index in [1.54, 1.807) is 0 Å². The third-order valence-electron chi connectivity index (χ3n) is 4.45. The Labute approximate surface area is 171 Å². The Kier molecular flexibility index (Phi) is 5.79.